The first kappa shape index (κ1) is 15.8. The molecule has 1 heterocycles. The molecule has 0 aromatic carbocycles. The molecular weight excluding hydrogens is 280 g/mol. The van der Waals surface area contributed by atoms with E-state index in [0.717, 1.165) is 18.5 Å². The lowest BCUT2D eigenvalue weighted by Gasteiger charge is -1.96. The van der Waals surface area contributed by atoms with Gasteiger partial charge in [-0.25, -0.2) is 4.85 Å². The molecule has 1 aromatic heterocycles. The van der Waals surface area contributed by atoms with Crippen LogP contribution < -0.4 is 0 Å². The molecule has 0 atom stereocenters. The molecule has 22 heavy (non-hydrogen) atoms. The van der Waals surface area contributed by atoms with Crippen LogP contribution in [0, 0.1) is 23.8 Å². The van der Waals surface area contributed by atoms with E-state index in [1.807, 2.05) is 13.0 Å². The van der Waals surface area contributed by atoms with Crippen LogP contribution in [0.4, 0.5) is 5.69 Å². The quantitative estimate of drug-likeness (QED) is 0.391. The summed E-state index contributed by atoms with van der Waals surface area (Å²) in [5.74, 6) is 0.633. The first-order valence-corrected chi connectivity index (χ1v) is 7.38. The van der Waals surface area contributed by atoms with E-state index in [2.05, 4.69) is 15.0 Å². The second-order valence-corrected chi connectivity index (χ2v) is 5.29. The van der Waals surface area contributed by atoms with Gasteiger partial charge in [0, 0.05) is 11.6 Å². The second-order valence-electron chi connectivity index (χ2n) is 5.29. The summed E-state index contributed by atoms with van der Waals surface area (Å²) in [6, 6.07) is 1.84. The lowest BCUT2D eigenvalue weighted by atomic mass is 10.1. The maximum absolute atomic E-state index is 11.3. The van der Waals surface area contributed by atoms with E-state index in [4.69, 9.17) is 16.6 Å². The van der Waals surface area contributed by atoms with Crippen LogP contribution in [0.1, 0.15) is 44.2 Å². The van der Waals surface area contributed by atoms with Gasteiger partial charge in [0.15, 0.2) is 5.78 Å². The highest BCUT2D eigenvalue weighted by Crippen LogP contribution is 2.42. The van der Waals surface area contributed by atoms with Gasteiger partial charge in [0.1, 0.15) is 17.9 Å². The molecule has 114 valence electrons. The number of nitrogens with zero attached hydrogens (tertiary/aromatic N) is 3. The van der Waals surface area contributed by atoms with Gasteiger partial charge in [-0.1, -0.05) is 0 Å². The van der Waals surface area contributed by atoms with E-state index in [1.54, 1.807) is 6.20 Å². The Labute approximate surface area is 129 Å². The second kappa shape index (κ2) is 7.42. The molecule has 0 aliphatic heterocycles. The lowest BCUT2D eigenvalue weighted by molar-refractivity contribution is -0.116. The molecule has 1 N–H and O–H groups in total. The van der Waals surface area contributed by atoms with Crippen molar-refractivity contribution in [3.8, 4) is 6.07 Å². The number of ether oxygens (including phenoxy) is 1. The van der Waals surface area contributed by atoms with Crippen LogP contribution in [0.2, 0.25) is 0 Å². The predicted molar refractivity (Wildman–Crippen MR) is 79.9 cm³/mol. The first-order chi connectivity index (χ1) is 10.7. The highest BCUT2D eigenvalue weighted by molar-refractivity contribution is 6.01. The highest BCUT2D eigenvalue weighted by atomic mass is 16.5. The minimum absolute atomic E-state index is 0.0639. The third kappa shape index (κ3) is 4.20. The molecule has 1 aromatic rings. The fourth-order valence-electron chi connectivity index (χ4n) is 1.92. The Bertz CT molecular complexity index is 640. The van der Waals surface area contributed by atoms with Gasteiger partial charge in [-0.3, -0.25) is 9.89 Å². The summed E-state index contributed by atoms with van der Waals surface area (Å²) in [5, 5.41) is 15.3. The maximum atomic E-state index is 11.3. The molecule has 3 rings (SSSR count). The number of carbonyl (C=O) groups excluding carboxylic acids is 1. The Morgan fingerprint density at radius 1 is 1.59 bits per heavy atom. The predicted octanol–water partition coefficient (Wildman–Crippen LogP) is 3.25. The number of H-pyrrole nitrogens is 1. The molecule has 2 fully saturated rings. The average Bonchev–Trinajstić information content (AvgIpc) is 3.46. The van der Waals surface area contributed by atoms with Crippen LogP contribution in [-0.2, 0) is 9.53 Å². The summed E-state index contributed by atoms with van der Waals surface area (Å²) in [4.78, 5) is 14.6. The van der Waals surface area contributed by atoms with E-state index < -0.39 is 0 Å². The Balaban J connectivity index is 0.000000162. The zero-order valence-corrected chi connectivity index (χ0v) is 12.5. The summed E-state index contributed by atoms with van der Waals surface area (Å²) in [6.45, 7) is 9.09. The van der Waals surface area contributed by atoms with Crippen LogP contribution in [0.5, 0.6) is 0 Å². The van der Waals surface area contributed by atoms with Gasteiger partial charge >= 0.3 is 0 Å². The van der Waals surface area contributed by atoms with E-state index in [-0.39, 0.29) is 17.3 Å². The number of nitriles is 1. The third-order valence-corrected chi connectivity index (χ3v) is 3.46. The summed E-state index contributed by atoms with van der Waals surface area (Å²) in [7, 11) is 0. The topological polar surface area (TPSA) is 83.1 Å². The van der Waals surface area contributed by atoms with Crippen LogP contribution in [0.3, 0.4) is 0 Å². The summed E-state index contributed by atoms with van der Waals surface area (Å²) in [6.07, 6.45) is 7.13. The molecule has 6 heteroatoms. The van der Waals surface area contributed by atoms with Gasteiger partial charge in [0.05, 0.1) is 19.4 Å². The van der Waals surface area contributed by atoms with Crippen LogP contribution in [0.25, 0.3) is 4.85 Å². The van der Waals surface area contributed by atoms with E-state index >= 15 is 0 Å². The van der Waals surface area contributed by atoms with E-state index in [9.17, 15) is 4.79 Å². The largest absolute Gasteiger partial charge is 0.500 e. The number of rotatable bonds is 5. The van der Waals surface area contributed by atoms with Crippen molar-refractivity contribution in [1.29, 1.82) is 5.26 Å². The number of aromatic amines is 1. The van der Waals surface area contributed by atoms with Gasteiger partial charge < -0.3 is 4.74 Å². The van der Waals surface area contributed by atoms with Crippen molar-refractivity contribution in [1.82, 2.24) is 10.2 Å². The Kier molecular flexibility index (Phi) is 5.32. The molecule has 6 nitrogen and oxygen atoms in total. The Morgan fingerprint density at radius 3 is 2.82 bits per heavy atom. The maximum Gasteiger partial charge on any atom is 0.227 e. The van der Waals surface area contributed by atoms with Crippen molar-refractivity contribution in [3.63, 3.8) is 0 Å². The zero-order chi connectivity index (χ0) is 15.9. The molecule has 0 unspecified atom stereocenters. The molecule has 2 aliphatic rings. The van der Waals surface area contributed by atoms with Crippen LogP contribution in [0.15, 0.2) is 18.0 Å². The summed E-state index contributed by atoms with van der Waals surface area (Å²) >= 11 is 0. The van der Waals surface area contributed by atoms with Gasteiger partial charge in [-0.05, 0) is 38.5 Å². The smallest absolute Gasteiger partial charge is 0.227 e. The number of allylic oxidation sites excluding steroid dienone is 1. The summed E-state index contributed by atoms with van der Waals surface area (Å²) in [5.41, 5.74) is 1.89. The number of carbonyl (C=O) groups is 1. The van der Waals surface area contributed by atoms with Gasteiger partial charge in [-0.15, -0.1) is 0 Å². The molecule has 0 radical (unpaired) electrons. The van der Waals surface area contributed by atoms with Gasteiger partial charge in [-0.2, -0.15) is 10.4 Å². The molecule has 0 bridgehead atoms. The Morgan fingerprint density at radius 2 is 2.32 bits per heavy atom. The SMILES string of the molecule is CCO/C=C(/C#N)C(=O)C1CC1.[C-]#[N+]c1cn[nH]c1C1CC1. The normalized spacial score (nSPS) is 16.8. The molecule has 0 amide bonds. The molecule has 0 spiro atoms. The number of hydrogen-bond acceptors (Lipinski definition) is 4. The summed E-state index contributed by atoms with van der Waals surface area (Å²) < 4.78 is 4.88. The molecular formula is C16H18N4O2. The van der Waals surface area contributed by atoms with Crippen molar-refractivity contribution in [2.45, 2.75) is 38.5 Å². The van der Waals surface area contributed by atoms with Crippen molar-refractivity contribution >= 4 is 11.5 Å². The fourth-order valence-corrected chi connectivity index (χ4v) is 1.92. The number of hydrogen-bond donors (Lipinski definition) is 1. The van der Waals surface area contributed by atoms with Crippen molar-refractivity contribution < 1.29 is 9.53 Å². The van der Waals surface area contributed by atoms with Gasteiger partial charge in [0.2, 0.25) is 5.69 Å². The number of ketones is 1. The third-order valence-electron chi connectivity index (χ3n) is 3.46. The standard InChI is InChI=1S/C9H11NO2.C7H7N3/c1-2-12-6-8(5-10)9(11)7-3-4-7;1-8-6-4-9-10-7(6)5-2-3-5/h6-7H,2-4H2,1H3;4-5H,2-3H2,(H,9,10)/b8-6-;. The number of nitrogens with one attached hydrogen (secondary N) is 1. The average molecular weight is 298 g/mol. The van der Waals surface area contributed by atoms with Crippen molar-refractivity contribution in [3.05, 3.63) is 35.1 Å². The lowest BCUT2D eigenvalue weighted by Crippen LogP contribution is -2.03. The minimum Gasteiger partial charge on any atom is -0.500 e. The first-order valence-electron chi connectivity index (χ1n) is 7.38. The minimum atomic E-state index is -0.0639. The number of aromatic nitrogens is 2. The Hall–Kier alpha value is -2.60. The van der Waals surface area contributed by atoms with Crippen LogP contribution >= 0.6 is 0 Å². The van der Waals surface area contributed by atoms with E-state index in [0.29, 0.717) is 18.2 Å². The molecule has 0 saturated heterocycles. The molecule has 2 aliphatic carbocycles. The molecule has 2 saturated carbocycles. The van der Waals surface area contributed by atoms with Crippen molar-refractivity contribution in [2.24, 2.45) is 5.92 Å². The van der Waals surface area contributed by atoms with E-state index in [1.165, 1.54) is 19.1 Å². The monoisotopic (exact) mass is 298 g/mol. The number of Topliss-reactive ketones (excluding diaryl/α,β-unsaturated/α-hetero) is 1. The van der Waals surface area contributed by atoms with Crippen LogP contribution in [-0.4, -0.2) is 22.6 Å². The fraction of sp³-hybridized carbons (Fsp3) is 0.500. The zero-order valence-electron chi connectivity index (χ0n) is 12.5. The van der Waals surface area contributed by atoms with Gasteiger partial charge in [0.25, 0.3) is 0 Å². The highest BCUT2D eigenvalue weighted by Gasteiger charge is 2.32. The van der Waals surface area contributed by atoms with Crippen molar-refractivity contribution in [2.75, 3.05) is 6.61 Å².